The number of pyridine rings is 1. The first-order chi connectivity index (χ1) is 16.6. The molecule has 9 heteroatoms. The number of benzene rings is 1. The van der Waals surface area contributed by atoms with Crippen molar-refractivity contribution in [2.24, 2.45) is 5.41 Å². The van der Waals surface area contributed by atoms with E-state index in [1.54, 1.807) is 6.07 Å². The fourth-order valence-corrected chi connectivity index (χ4v) is 5.85. The van der Waals surface area contributed by atoms with E-state index >= 15 is 0 Å². The van der Waals surface area contributed by atoms with Crippen molar-refractivity contribution in [2.75, 3.05) is 11.9 Å². The van der Waals surface area contributed by atoms with Gasteiger partial charge in [-0.2, -0.15) is 13.2 Å². The SMILES string of the molecule is C=CC12CCC(C(=O)NC3CCC(Nc4cc(C(F)(F)F)nc5ccc(Cl)cc45)CC3)(CC1)CO2. The van der Waals surface area contributed by atoms with Crippen LogP contribution in [-0.2, 0) is 15.7 Å². The molecule has 2 aliphatic heterocycles. The summed E-state index contributed by atoms with van der Waals surface area (Å²) in [5.41, 5.74) is -1.03. The number of fused-ring (bicyclic) bond motifs is 4. The van der Waals surface area contributed by atoms with E-state index in [1.165, 1.54) is 12.1 Å². The molecule has 0 spiro atoms. The fraction of sp³-hybridized carbons (Fsp3) is 0.538. The first-order valence-electron chi connectivity index (χ1n) is 12.1. The molecule has 2 bridgehead atoms. The minimum Gasteiger partial charge on any atom is -0.382 e. The lowest BCUT2D eigenvalue weighted by Crippen LogP contribution is -2.58. The number of rotatable bonds is 5. The Hall–Kier alpha value is -2.32. The summed E-state index contributed by atoms with van der Waals surface area (Å²) in [5.74, 6) is 0.0656. The van der Waals surface area contributed by atoms with Crippen molar-refractivity contribution in [1.82, 2.24) is 10.3 Å². The van der Waals surface area contributed by atoms with E-state index in [-0.39, 0.29) is 29.1 Å². The molecule has 5 nitrogen and oxygen atoms in total. The van der Waals surface area contributed by atoms with Crippen LogP contribution in [-0.4, -0.2) is 35.2 Å². The van der Waals surface area contributed by atoms with Crippen LogP contribution in [0.4, 0.5) is 18.9 Å². The van der Waals surface area contributed by atoms with Gasteiger partial charge in [0.15, 0.2) is 0 Å². The molecule has 0 unspecified atom stereocenters. The molecule has 2 saturated heterocycles. The first-order valence-corrected chi connectivity index (χ1v) is 12.5. The second kappa shape index (κ2) is 8.96. The van der Waals surface area contributed by atoms with Gasteiger partial charge < -0.3 is 15.4 Å². The van der Waals surface area contributed by atoms with Crippen molar-refractivity contribution in [3.63, 3.8) is 0 Å². The van der Waals surface area contributed by atoms with Gasteiger partial charge in [-0.25, -0.2) is 4.98 Å². The highest BCUT2D eigenvalue weighted by atomic mass is 35.5. The zero-order chi connectivity index (χ0) is 24.8. The van der Waals surface area contributed by atoms with Crippen LogP contribution < -0.4 is 10.6 Å². The molecule has 6 rings (SSSR count). The van der Waals surface area contributed by atoms with Gasteiger partial charge in [-0.1, -0.05) is 17.7 Å². The van der Waals surface area contributed by atoms with Gasteiger partial charge in [-0.3, -0.25) is 4.79 Å². The van der Waals surface area contributed by atoms with E-state index in [0.717, 1.165) is 57.4 Å². The zero-order valence-electron chi connectivity index (χ0n) is 19.4. The summed E-state index contributed by atoms with van der Waals surface area (Å²) in [7, 11) is 0. The number of nitrogens with one attached hydrogen (secondary N) is 2. The third-order valence-electron chi connectivity index (χ3n) is 8.03. The Morgan fingerprint density at radius 2 is 1.80 bits per heavy atom. The topological polar surface area (TPSA) is 63.2 Å². The van der Waals surface area contributed by atoms with Gasteiger partial charge in [0.05, 0.1) is 23.1 Å². The van der Waals surface area contributed by atoms with Crippen LogP contribution in [0.5, 0.6) is 0 Å². The first kappa shape index (κ1) is 24.4. The number of carbonyl (C=O) groups excluding carboxylic acids is 1. The molecule has 4 aliphatic rings. The number of hydrogen-bond donors (Lipinski definition) is 2. The van der Waals surface area contributed by atoms with Crippen LogP contribution >= 0.6 is 11.6 Å². The Kier molecular flexibility index (Phi) is 6.24. The van der Waals surface area contributed by atoms with Gasteiger partial charge in [-0.05, 0) is 75.6 Å². The van der Waals surface area contributed by atoms with Crippen LogP contribution in [0.3, 0.4) is 0 Å². The fourth-order valence-electron chi connectivity index (χ4n) is 5.68. The molecule has 2 N–H and O–H groups in total. The smallest absolute Gasteiger partial charge is 0.382 e. The van der Waals surface area contributed by atoms with Gasteiger partial charge in [0.2, 0.25) is 5.91 Å². The van der Waals surface area contributed by atoms with Crippen LogP contribution in [0.25, 0.3) is 10.9 Å². The average Bonchev–Trinajstić information content (AvgIpc) is 2.86. The molecule has 188 valence electrons. The Balaban J connectivity index is 1.23. The molecule has 1 aromatic carbocycles. The quantitative estimate of drug-likeness (QED) is 0.469. The Bertz CT molecular complexity index is 1120. The molecule has 35 heavy (non-hydrogen) atoms. The molecule has 1 amide bonds. The summed E-state index contributed by atoms with van der Waals surface area (Å²) >= 11 is 6.10. The molecule has 2 aliphatic carbocycles. The van der Waals surface area contributed by atoms with Crippen LogP contribution in [0.1, 0.15) is 57.1 Å². The third kappa shape index (κ3) is 4.75. The Morgan fingerprint density at radius 1 is 1.11 bits per heavy atom. The number of halogens is 4. The van der Waals surface area contributed by atoms with Crippen molar-refractivity contribution in [2.45, 2.75) is 75.2 Å². The second-order valence-electron chi connectivity index (χ2n) is 10.2. The van der Waals surface area contributed by atoms with E-state index in [1.807, 2.05) is 6.08 Å². The molecular weight excluding hydrogens is 479 g/mol. The number of alkyl halides is 3. The number of amides is 1. The summed E-state index contributed by atoms with van der Waals surface area (Å²) in [6.07, 6.45) is 3.58. The standard InChI is InChI=1S/C26H29ClF3N3O2/c1-2-25-11-9-24(10-12-25,15-35-25)23(34)32-18-6-4-17(5-7-18)31-21-14-22(26(28,29)30)33-20-8-3-16(27)13-19(20)21/h2-3,8,13-14,17-18H,1,4-7,9-12,15H2,(H,31,33)(H,32,34). The molecule has 4 fully saturated rings. The van der Waals surface area contributed by atoms with E-state index in [4.69, 9.17) is 16.3 Å². The van der Waals surface area contributed by atoms with E-state index in [2.05, 4.69) is 22.2 Å². The number of aromatic nitrogens is 1. The van der Waals surface area contributed by atoms with Crippen molar-refractivity contribution in [3.8, 4) is 0 Å². The lowest BCUT2D eigenvalue weighted by atomic mass is 9.65. The van der Waals surface area contributed by atoms with Gasteiger partial charge in [0.1, 0.15) is 5.69 Å². The second-order valence-corrected chi connectivity index (χ2v) is 10.7. The average molecular weight is 508 g/mol. The number of nitrogens with zero attached hydrogens (tertiary/aromatic N) is 1. The largest absolute Gasteiger partial charge is 0.433 e. The zero-order valence-corrected chi connectivity index (χ0v) is 20.1. The summed E-state index contributed by atoms with van der Waals surface area (Å²) in [4.78, 5) is 16.9. The predicted octanol–water partition coefficient (Wildman–Crippen LogP) is 6.26. The summed E-state index contributed by atoms with van der Waals surface area (Å²) in [6.45, 7) is 4.32. The van der Waals surface area contributed by atoms with E-state index in [0.29, 0.717) is 22.7 Å². The van der Waals surface area contributed by atoms with Crippen molar-refractivity contribution < 1.29 is 22.7 Å². The maximum Gasteiger partial charge on any atom is 0.433 e. The third-order valence-corrected chi connectivity index (χ3v) is 8.26. The van der Waals surface area contributed by atoms with Crippen molar-refractivity contribution >= 4 is 34.1 Å². The molecule has 2 saturated carbocycles. The summed E-state index contributed by atoms with van der Waals surface area (Å²) in [6, 6.07) is 5.78. The van der Waals surface area contributed by atoms with Crippen LogP contribution in [0.2, 0.25) is 5.02 Å². The van der Waals surface area contributed by atoms with Crippen molar-refractivity contribution in [1.29, 1.82) is 0 Å². The highest BCUT2D eigenvalue weighted by molar-refractivity contribution is 6.31. The van der Waals surface area contributed by atoms with Crippen LogP contribution in [0, 0.1) is 5.41 Å². The monoisotopic (exact) mass is 507 g/mol. The number of anilines is 1. The van der Waals surface area contributed by atoms with E-state index in [9.17, 15) is 18.0 Å². The molecule has 2 aromatic rings. The summed E-state index contributed by atoms with van der Waals surface area (Å²) in [5, 5.41) is 7.53. The molecule has 0 radical (unpaired) electrons. The number of ether oxygens (including phenoxy) is 1. The van der Waals surface area contributed by atoms with Gasteiger partial charge in [-0.15, -0.1) is 6.58 Å². The maximum atomic E-state index is 13.4. The minimum absolute atomic E-state index is 0.00659. The molecular formula is C26H29ClF3N3O2. The van der Waals surface area contributed by atoms with Gasteiger partial charge in [0, 0.05) is 28.2 Å². The van der Waals surface area contributed by atoms with Crippen LogP contribution in [0.15, 0.2) is 36.9 Å². The van der Waals surface area contributed by atoms with Gasteiger partial charge in [0.25, 0.3) is 0 Å². The Labute approximate surface area is 207 Å². The Morgan fingerprint density at radius 3 is 2.40 bits per heavy atom. The van der Waals surface area contributed by atoms with Gasteiger partial charge >= 0.3 is 6.18 Å². The molecule has 3 heterocycles. The highest BCUT2D eigenvalue weighted by Gasteiger charge is 2.52. The number of carbonyl (C=O) groups is 1. The summed E-state index contributed by atoms with van der Waals surface area (Å²) < 4.78 is 46.2. The molecule has 0 atom stereocenters. The normalized spacial score (nSPS) is 30.7. The highest BCUT2D eigenvalue weighted by Crippen LogP contribution is 2.49. The van der Waals surface area contributed by atoms with Crippen molar-refractivity contribution in [3.05, 3.63) is 47.6 Å². The molecule has 1 aromatic heterocycles. The lowest BCUT2D eigenvalue weighted by molar-refractivity contribution is -0.175. The number of hydrogen-bond acceptors (Lipinski definition) is 4. The maximum absolute atomic E-state index is 13.4. The predicted molar refractivity (Wildman–Crippen MR) is 129 cm³/mol. The van der Waals surface area contributed by atoms with E-state index < -0.39 is 17.3 Å². The minimum atomic E-state index is -4.54. The lowest BCUT2D eigenvalue weighted by Gasteiger charge is -2.51.